The van der Waals surface area contributed by atoms with Gasteiger partial charge in [-0.1, -0.05) is 11.6 Å². The molecule has 668 valence electrons. The van der Waals surface area contributed by atoms with Crippen LogP contribution in [-0.2, 0) is 76.2 Å². The summed E-state index contributed by atoms with van der Waals surface area (Å²) in [4.78, 5) is 140. The zero-order valence-electron chi connectivity index (χ0n) is 62.9. The maximum Gasteiger partial charge on any atom is 0.469 e. The third kappa shape index (κ3) is 21.7. The number of aromatic nitrogens is 18. The van der Waals surface area contributed by atoms with Crippen molar-refractivity contribution in [3.63, 3.8) is 0 Å². The number of anilines is 2. The van der Waals surface area contributed by atoms with Crippen molar-refractivity contribution < 1.29 is 169 Å². The van der Waals surface area contributed by atoms with Gasteiger partial charge in [-0.2, -0.15) is 0 Å². The molecule has 0 bridgehead atoms. The van der Waals surface area contributed by atoms with E-state index in [0.29, 0.717) is 61.4 Å². The van der Waals surface area contributed by atoms with E-state index in [1.165, 1.54) is 71.6 Å². The first-order valence-corrected chi connectivity index (χ1v) is 42.9. The van der Waals surface area contributed by atoms with Gasteiger partial charge in [0.15, 0.2) is 76.2 Å². The summed E-state index contributed by atoms with van der Waals surface area (Å²) in [5.41, 5.74) is 13.6. The number of aliphatic hydroxyl groups excluding tert-OH is 10. The molecule has 10 aromatic heterocycles. The van der Waals surface area contributed by atoms with Gasteiger partial charge in [0.25, 0.3) is 0 Å². The first-order chi connectivity index (χ1) is 57.2. The molecule has 5 aliphatic heterocycles. The quantitative estimate of drug-likeness (QED) is 0.0125. The molecule has 0 amide bonds. The summed E-state index contributed by atoms with van der Waals surface area (Å²) in [6.45, 7) is 0.337. The van der Waals surface area contributed by atoms with Gasteiger partial charge in [0.05, 0.1) is 81.1 Å². The minimum absolute atomic E-state index is 0.105. The number of ether oxygens (including phenoxy) is 5. The highest BCUT2D eigenvalue weighted by Crippen LogP contribution is 2.45. The Morgan fingerprint density at radius 1 is 0.451 bits per heavy atom. The summed E-state index contributed by atoms with van der Waals surface area (Å²) in [6, 6.07) is 3.29. The Kier molecular flexibility index (Phi) is 29.7. The Morgan fingerprint density at radius 2 is 0.820 bits per heavy atom. The van der Waals surface area contributed by atoms with Gasteiger partial charge in [-0.15, -0.1) is 0 Å². The molecule has 5 unspecified atom stereocenters. The number of phosphoric acid groups is 5. The molecule has 5 saturated heterocycles. The molecular formula is C57H78ClN24O35P5. The van der Waals surface area contributed by atoms with E-state index >= 15 is 0 Å². The fourth-order valence-corrected chi connectivity index (χ4v) is 14.6. The number of aliphatic hydroxyl groups is 10. The van der Waals surface area contributed by atoms with Gasteiger partial charge < -0.3 is 139 Å². The summed E-state index contributed by atoms with van der Waals surface area (Å²) in [5, 5.41) is 119. The molecule has 0 radical (unpaired) electrons. The second-order valence-electron chi connectivity index (χ2n) is 26.5. The van der Waals surface area contributed by atoms with Crippen LogP contribution >= 0.6 is 50.7 Å². The number of hydrogen-bond acceptors (Lipinski definition) is 41. The SMILES string of the molecule is CNc1ccnc2c1ncn2[C@@H]1OC(COP(=O)(O)O)[C@@H](O)[C@H]1O.CNc1nc(C)nc2c1ncn2[C@@H]1OC(COP(=O)(O)O)[C@@H](O)[C@H]1O.Cc1ncnc2c1nc(N=[N+]=[N-])n2[C@@H]1OC(COP(=O)(O)O)[C@@H](O)[C@H]1O.Cn1cnc2c(ncn2[C@@H]2OC(COP(=O)(O)O)[C@@H](O)[C@H]2O)c1=N.O=P(O)(O)OCC1O[C@@H](n2cnc3c(Cl)ccnc32)[C@H](O)[C@@H]1O. The number of nitrogens with one attached hydrogen (secondary N) is 3. The number of phosphoric ester groups is 5. The van der Waals surface area contributed by atoms with Crippen LogP contribution in [0.15, 0.2) is 67.6 Å². The van der Waals surface area contributed by atoms with E-state index in [2.05, 4.69) is 103 Å². The Balaban J connectivity index is 0.000000149. The first kappa shape index (κ1) is 94.5. The van der Waals surface area contributed by atoms with E-state index in [9.17, 15) is 73.9 Å². The molecule has 0 saturated carbocycles. The Labute approximate surface area is 684 Å². The van der Waals surface area contributed by atoms with Crippen LogP contribution in [0.1, 0.15) is 42.7 Å². The lowest BCUT2D eigenvalue weighted by Gasteiger charge is -2.18. The topological polar surface area (TPSA) is 863 Å². The summed E-state index contributed by atoms with van der Waals surface area (Å²) in [5.74, 6) is 0.780. The molecule has 0 aromatic carbocycles. The lowest BCUT2D eigenvalue weighted by atomic mass is 10.1. The number of rotatable bonds is 23. The molecule has 5 fully saturated rings. The van der Waals surface area contributed by atoms with Gasteiger partial charge in [0, 0.05) is 38.4 Å². The highest BCUT2D eigenvalue weighted by Gasteiger charge is 2.51. The van der Waals surface area contributed by atoms with Crippen LogP contribution < -0.4 is 16.1 Å². The van der Waals surface area contributed by atoms with Crippen molar-refractivity contribution in [2.45, 2.75) is 137 Å². The van der Waals surface area contributed by atoms with Gasteiger partial charge >= 0.3 is 39.1 Å². The van der Waals surface area contributed by atoms with Gasteiger partial charge in [0.2, 0.25) is 5.95 Å². The molecule has 0 spiro atoms. The molecule has 65 heteroatoms. The van der Waals surface area contributed by atoms with E-state index in [4.69, 9.17) is 95.2 Å². The van der Waals surface area contributed by atoms with Gasteiger partial charge in [-0.05, 0) is 36.6 Å². The second-order valence-corrected chi connectivity index (χ2v) is 33.1. The van der Waals surface area contributed by atoms with E-state index < -0.39 is 195 Å². The number of hydrogen-bond donors (Lipinski definition) is 23. The number of azide groups is 1. The van der Waals surface area contributed by atoms with Crippen molar-refractivity contribution in [2.24, 2.45) is 12.2 Å². The summed E-state index contributed by atoms with van der Waals surface area (Å²) in [7, 11) is -18.6. The fraction of sp³-hybridized carbons (Fsp3) is 0.526. The average Bonchev–Trinajstić information content (AvgIpc) is 1.62. The van der Waals surface area contributed by atoms with Crippen LogP contribution in [0.25, 0.3) is 66.3 Å². The minimum atomic E-state index is -4.79. The molecule has 20 atom stereocenters. The van der Waals surface area contributed by atoms with Gasteiger partial charge in [0.1, 0.15) is 126 Å². The summed E-state index contributed by atoms with van der Waals surface area (Å²) >= 11 is 6.00. The average molecular weight is 1850 g/mol. The molecule has 122 heavy (non-hydrogen) atoms. The van der Waals surface area contributed by atoms with Crippen molar-refractivity contribution in [1.29, 1.82) is 5.41 Å². The molecule has 0 aliphatic carbocycles. The number of aryl methyl sites for hydroxylation is 3. The lowest BCUT2D eigenvalue weighted by Crippen LogP contribution is -2.33. The van der Waals surface area contributed by atoms with Crippen molar-refractivity contribution in [2.75, 3.05) is 57.8 Å². The first-order valence-electron chi connectivity index (χ1n) is 34.8. The second kappa shape index (κ2) is 38.4. The molecular weight excluding hydrogens is 1770 g/mol. The monoisotopic (exact) mass is 1850 g/mol. The maximum absolute atomic E-state index is 10.8. The molecule has 59 nitrogen and oxygen atoms in total. The predicted octanol–water partition coefficient (Wildman–Crippen LogP) is -4.30. The Morgan fingerprint density at radius 3 is 1.23 bits per heavy atom. The smallest absolute Gasteiger partial charge is 0.387 e. The van der Waals surface area contributed by atoms with Crippen LogP contribution in [0, 0.1) is 19.3 Å². The van der Waals surface area contributed by atoms with Crippen LogP contribution in [-0.4, -0.2) is 326 Å². The van der Waals surface area contributed by atoms with Crippen molar-refractivity contribution in [3.8, 4) is 0 Å². The highest BCUT2D eigenvalue weighted by atomic mass is 35.5. The van der Waals surface area contributed by atoms with Gasteiger partial charge in [-0.25, -0.2) is 82.6 Å². The highest BCUT2D eigenvalue weighted by molar-refractivity contribution is 7.47. The van der Waals surface area contributed by atoms with Crippen LogP contribution in [0.2, 0.25) is 5.02 Å². The zero-order chi connectivity index (χ0) is 89.3. The van der Waals surface area contributed by atoms with Crippen molar-refractivity contribution in [3.05, 3.63) is 95.0 Å². The van der Waals surface area contributed by atoms with Crippen LogP contribution in [0.5, 0.6) is 0 Å². The number of halogens is 1. The number of pyridine rings is 2. The molecule has 5 aliphatic rings. The van der Waals surface area contributed by atoms with E-state index in [1.54, 1.807) is 53.3 Å². The zero-order valence-corrected chi connectivity index (χ0v) is 68.2. The minimum Gasteiger partial charge on any atom is -0.387 e. The molecule has 15 heterocycles. The molecule has 10 aromatic rings. The summed E-state index contributed by atoms with van der Waals surface area (Å²) < 4.78 is 111. The lowest BCUT2D eigenvalue weighted by molar-refractivity contribution is -0.0504. The fourth-order valence-electron chi connectivity index (χ4n) is 12.7. The van der Waals surface area contributed by atoms with Crippen LogP contribution in [0.3, 0.4) is 0 Å². The number of imidazole rings is 5. The largest absolute Gasteiger partial charge is 0.469 e. The number of fused-ring (bicyclic) bond motifs is 5. The van der Waals surface area contributed by atoms with Gasteiger partial charge in [-0.3, -0.25) is 50.9 Å². The number of nitrogens with zero attached hydrogens (tertiary/aromatic N) is 21. The van der Waals surface area contributed by atoms with E-state index in [0.717, 1.165) is 5.69 Å². The normalized spacial score (nSPS) is 27.5. The summed E-state index contributed by atoms with van der Waals surface area (Å²) in [6.07, 6.45) is -14.3. The van der Waals surface area contributed by atoms with E-state index in [-0.39, 0.29) is 28.2 Å². The van der Waals surface area contributed by atoms with Crippen molar-refractivity contribution in [1.82, 2.24) is 87.2 Å². The Bertz CT molecular complexity index is 5740. The van der Waals surface area contributed by atoms with Crippen LogP contribution in [0.4, 0.5) is 17.5 Å². The standard InChI is InChI=1S/C12H18N5O7P.C12H17N4O7P.C11H13ClN3O7P.C11H14N7O7P.C11H16N5O7P/c1-5-15-10(13-2)7-11(16-5)17(4-14-7)12-9(19)8(18)6(24-12)3-23-25(20,21)22;1-13-6-2-3-14-11-8(6)15-5-16(11)12-10(18)9(17)7(23-12)4-22-24(19,20)21;12-5-1-2-13-10-7(5)14-4-15(10)11-9(17)8(16)6(22-11)3-21-23(18,19)20;1-4-6-9(14-3-13-4)18(11(15-6)16-17-12)10-8(20)7(19)5(25-10)2-24-26(21,22)23;1-15-3-14-10-6(9(15)12)13-4-16(10)11-8(18)7(17)5(23-11)2-22-24(19,20)21/h4,6,8-9,12,18-19H,3H2,1-2H3,(H,13,15,16)(H2,20,21,22);2-3,5,7,9-10,12,17-18H,4H2,1H3,(H,13,14)(H2,19,20,21);1-2,4,6,8-9,11,16-17H,3H2,(H2,18,19,20);3,5,7-8,10,19-20H,2H2,1H3,(H2,21,22,23);3-5,7-8,11-12,17-18H,2H2,1H3,(H2,19,20,21)/t6?,8-,9-,12-;7?,9-,10-,12-;6?,8-,9-,11-;5?,7-,8-,10-;5?,7-,8-,11-/m11111/s1. The predicted molar refractivity (Wildman–Crippen MR) is 400 cm³/mol. The van der Waals surface area contributed by atoms with Crippen molar-refractivity contribution >= 4 is 124 Å². The van der Waals surface area contributed by atoms with E-state index in [1.807, 2.05) is 0 Å². The molecule has 15 rings (SSSR count). The Hall–Kier alpha value is -8.16. The maximum atomic E-state index is 10.8. The third-order valence-electron chi connectivity index (χ3n) is 18.5. The molecule has 23 N–H and O–H groups in total. The third-order valence-corrected chi connectivity index (χ3v) is 21.2.